The highest BCUT2D eigenvalue weighted by molar-refractivity contribution is 5.91. The van der Waals surface area contributed by atoms with Crippen LogP contribution >= 0.6 is 0 Å². The van der Waals surface area contributed by atoms with Gasteiger partial charge in [0, 0.05) is 18.2 Å². The van der Waals surface area contributed by atoms with Gasteiger partial charge in [0.15, 0.2) is 0 Å². The fraction of sp³-hybridized carbons (Fsp3) is 0.556. The van der Waals surface area contributed by atoms with Crippen LogP contribution in [-0.4, -0.2) is 53.8 Å². The summed E-state index contributed by atoms with van der Waals surface area (Å²) in [7, 11) is 0. The molecule has 0 unspecified atom stereocenters. The maximum Gasteiger partial charge on any atom is 0.319 e. The number of aliphatic carboxylic acids is 1. The van der Waals surface area contributed by atoms with Crippen molar-refractivity contribution in [3.05, 3.63) is 24.0 Å². The lowest BCUT2D eigenvalue weighted by atomic mass is 9.85. The number of rotatable bonds is 9. The van der Waals surface area contributed by atoms with Gasteiger partial charge in [-0.3, -0.25) is 9.69 Å². The van der Waals surface area contributed by atoms with E-state index in [2.05, 4.69) is 10.6 Å². The van der Waals surface area contributed by atoms with Crippen molar-refractivity contribution < 1.29 is 23.8 Å². The summed E-state index contributed by atoms with van der Waals surface area (Å²) in [6.45, 7) is 4.96. The van der Waals surface area contributed by atoms with Crippen LogP contribution in [0, 0.1) is 5.82 Å². The fourth-order valence-corrected chi connectivity index (χ4v) is 2.95. The quantitative estimate of drug-likeness (QED) is 0.624. The number of carboxylic acids is 1. The summed E-state index contributed by atoms with van der Waals surface area (Å²) >= 11 is 0. The van der Waals surface area contributed by atoms with Gasteiger partial charge in [0.05, 0.1) is 18.8 Å². The number of hydrogen-bond acceptors (Lipinski definition) is 4. The lowest BCUT2D eigenvalue weighted by Crippen LogP contribution is -2.55. The van der Waals surface area contributed by atoms with E-state index in [9.17, 15) is 14.0 Å². The van der Waals surface area contributed by atoms with Crippen LogP contribution in [0.3, 0.4) is 0 Å². The van der Waals surface area contributed by atoms with Crippen molar-refractivity contribution in [3.8, 4) is 5.75 Å². The lowest BCUT2D eigenvalue weighted by molar-refractivity contribution is -0.139. The fourth-order valence-electron chi connectivity index (χ4n) is 2.95. The van der Waals surface area contributed by atoms with E-state index in [1.165, 1.54) is 18.2 Å². The molecule has 0 heterocycles. The van der Waals surface area contributed by atoms with Crippen LogP contribution in [0.4, 0.5) is 14.9 Å². The lowest BCUT2D eigenvalue weighted by Gasteiger charge is -2.42. The van der Waals surface area contributed by atoms with Crippen molar-refractivity contribution in [2.24, 2.45) is 0 Å². The summed E-state index contributed by atoms with van der Waals surface area (Å²) in [5, 5.41) is 14.4. The summed E-state index contributed by atoms with van der Waals surface area (Å²) in [6, 6.07) is 3.74. The molecule has 2 rings (SSSR count). The van der Waals surface area contributed by atoms with E-state index in [-0.39, 0.29) is 24.7 Å². The number of carbonyl (C=O) groups is 2. The molecule has 1 saturated carbocycles. The van der Waals surface area contributed by atoms with Crippen LogP contribution in [0.2, 0.25) is 0 Å². The first-order chi connectivity index (χ1) is 12.4. The zero-order valence-electron chi connectivity index (χ0n) is 15.1. The molecule has 2 amide bonds. The Kier molecular flexibility index (Phi) is 7.20. The molecule has 3 N–H and O–H groups in total. The Hall–Kier alpha value is -2.35. The Morgan fingerprint density at radius 2 is 2.08 bits per heavy atom. The minimum Gasteiger partial charge on any atom is -0.491 e. The predicted molar refractivity (Wildman–Crippen MR) is 96.0 cm³/mol. The first kappa shape index (κ1) is 20.0. The van der Waals surface area contributed by atoms with Gasteiger partial charge in [-0.1, -0.05) is 13.8 Å². The standard InChI is InChI=1S/C18H26FN3O4/c1-3-7-26-16-8-12(19)5-6-15(16)21-18(25)20-13-9-14(10-13)22(4-2)11-17(23)24/h5-6,8,13-14H,3-4,7,9-11H2,1-2H3,(H,23,24)(H2,20,21,25). The molecule has 0 atom stereocenters. The van der Waals surface area contributed by atoms with Crippen molar-refractivity contribution in [2.45, 2.75) is 45.2 Å². The number of ether oxygens (including phenoxy) is 1. The van der Waals surface area contributed by atoms with E-state index in [1.54, 1.807) is 0 Å². The van der Waals surface area contributed by atoms with E-state index in [4.69, 9.17) is 9.84 Å². The molecule has 1 aromatic rings. The van der Waals surface area contributed by atoms with Gasteiger partial charge in [-0.05, 0) is 37.9 Å². The molecule has 7 nitrogen and oxygen atoms in total. The minimum atomic E-state index is -0.850. The molecule has 0 radical (unpaired) electrons. The van der Waals surface area contributed by atoms with Crippen LogP contribution < -0.4 is 15.4 Å². The molecule has 0 aliphatic heterocycles. The third-order valence-electron chi connectivity index (χ3n) is 4.36. The number of carbonyl (C=O) groups excluding carboxylic acids is 1. The zero-order chi connectivity index (χ0) is 19.1. The van der Waals surface area contributed by atoms with Crippen LogP contribution in [-0.2, 0) is 4.79 Å². The zero-order valence-corrected chi connectivity index (χ0v) is 15.1. The number of amides is 2. The van der Waals surface area contributed by atoms with Crippen molar-refractivity contribution in [1.82, 2.24) is 10.2 Å². The summed E-state index contributed by atoms with van der Waals surface area (Å²) in [5.74, 6) is -0.981. The minimum absolute atomic E-state index is 0.00773. The average molecular weight is 367 g/mol. The van der Waals surface area contributed by atoms with Gasteiger partial charge in [0.1, 0.15) is 11.6 Å². The number of halogens is 1. The number of nitrogens with zero attached hydrogens (tertiary/aromatic N) is 1. The first-order valence-corrected chi connectivity index (χ1v) is 8.88. The molecular weight excluding hydrogens is 341 g/mol. The monoisotopic (exact) mass is 367 g/mol. The van der Waals surface area contributed by atoms with Gasteiger partial charge in [0.2, 0.25) is 0 Å². The number of carboxylic acid groups (broad SMARTS) is 1. The van der Waals surface area contributed by atoms with E-state index in [0.717, 1.165) is 6.42 Å². The van der Waals surface area contributed by atoms with E-state index in [1.807, 2.05) is 18.7 Å². The summed E-state index contributed by atoms with van der Waals surface area (Å²) < 4.78 is 18.8. The Labute approximate surface area is 152 Å². The van der Waals surface area contributed by atoms with Gasteiger partial charge in [0.25, 0.3) is 0 Å². The second-order valence-electron chi connectivity index (χ2n) is 6.37. The van der Waals surface area contributed by atoms with Crippen LogP contribution in [0.15, 0.2) is 18.2 Å². The molecule has 0 aromatic heterocycles. The molecule has 26 heavy (non-hydrogen) atoms. The number of anilines is 1. The topological polar surface area (TPSA) is 90.9 Å². The van der Waals surface area contributed by atoms with Gasteiger partial charge in [-0.15, -0.1) is 0 Å². The van der Waals surface area contributed by atoms with Crippen molar-refractivity contribution in [2.75, 3.05) is 25.0 Å². The third kappa shape index (κ3) is 5.59. The summed E-state index contributed by atoms with van der Waals surface area (Å²) in [6.07, 6.45) is 2.18. The van der Waals surface area contributed by atoms with Crippen molar-refractivity contribution >= 4 is 17.7 Å². The van der Waals surface area contributed by atoms with Gasteiger partial charge >= 0.3 is 12.0 Å². The Morgan fingerprint density at radius 1 is 1.35 bits per heavy atom. The van der Waals surface area contributed by atoms with Crippen LogP contribution in [0.1, 0.15) is 33.1 Å². The van der Waals surface area contributed by atoms with Crippen LogP contribution in [0.5, 0.6) is 5.75 Å². The molecule has 1 aliphatic carbocycles. The van der Waals surface area contributed by atoms with Gasteiger partial charge in [-0.2, -0.15) is 0 Å². The Balaban J connectivity index is 1.84. The molecule has 0 bridgehead atoms. The second-order valence-corrected chi connectivity index (χ2v) is 6.37. The summed E-state index contributed by atoms with van der Waals surface area (Å²) in [4.78, 5) is 24.9. The second kappa shape index (κ2) is 9.38. The molecule has 0 saturated heterocycles. The van der Waals surface area contributed by atoms with E-state index >= 15 is 0 Å². The average Bonchev–Trinajstić information content (AvgIpc) is 2.56. The SMILES string of the molecule is CCCOc1cc(F)ccc1NC(=O)NC1CC(N(CC)CC(=O)O)C1. The van der Waals surface area contributed by atoms with E-state index < -0.39 is 11.8 Å². The summed E-state index contributed by atoms with van der Waals surface area (Å²) in [5.41, 5.74) is 0.411. The van der Waals surface area contributed by atoms with Crippen molar-refractivity contribution in [1.29, 1.82) is 0 Å². The van der Waals surface area contributed by atoms with Crippen molar-refractivity contribution in [3.63, 3.8) is 0 Å². The molecule has 1 aliphatic rings. The maximum absolute atomic E-state index is 13.4. The number of likely N-dealkylation sites (N-methyl/N-ethyl adjacent to an activating group) is 1. The molecule has 1 aromatic carbocycles. The van der Waals surface area contributed by atoms with Gasteiger partial charge < -0.3 is 20.5 Å². The largest absolute Gasteiger partial charge is 0.491 e. The van der Waals surface area contributed by atoms with E-state index in [0.29, 0.717) is 37.4 Å². The highest BCUT2D eigenvalue weighted by atomic mass is 19.1. The highest BCUT2D eigenvalue weighted by Crippen LogP contribution is 2.27. The smallest absolute Gasteiger partial charge is 0.319 e. The molecule has 144 valence electrons. The predicted octanol–water partition coefficient (Wildman–Crippen LogP) is 2.67. The first-order valence-electron chi connectivity index (χ1n) is 8.88. The molecule has 0 spiro atoms. The van der Waals surface area contributed by atoms with Gasteiger partial charge in [-0.25, -0.2) is 9.18 Å². The molecule has 1 fully saturated rings. The van der Waals surface area contributed by atoms with Crippen LogP contribution in [0.25, 0.3) is 0 Å². The Morgan fingerprint density at radius 3 is 2.69 bits per heavy atom. The normalized spacial score (nSPS) is 18.9. The highest BCUT2D eigenvalue weighted by Gasteiger charge is 2.34. The number of hydrogen-bond donors (Lipinski definition) is 3. The molecule has 8 heteroatoms. The third-order valence-corrected chi connectivity index (χ3v) is 4.36. The Bertz CT molecular complexity index is 635. The number of nitrogens with one attached hydrogen (secondary N) is 2. The maximum atomic E-state index is 13.4. The number of benzene rings is 1. The molecular formula is C18H26FN3O4. The number of urea groups is 1.